The monoisotopic (exact) mass is 333 g/mol. The van der Waals surface area contributed by atoms with E-state index in [1.165, 1.54) is 6.07 Å². The van der Waals surface area contributed by atoms with Crippen LogP contribution in [0.1, 0.15) is 23.6 Å². The second kappa shape index (κ2) is 5.99. The van der Waals surface area contributed by atoms with Gasteiger partial charge in [0.05, 0.1) is 11.6 Å². The first kappa shape index (κ1) is 16.0. The average molecular weight is 333 g/mol. The largest absolute Gasteiger partial charge is 0.416 e. The normalized spacial score (nSPS) is 17.3. The lowest BCUT2D eigenvalue weighted by atomic mass is 9.98. The van der Waals surface area contributed by atoms with E-state index in [1.807, 2.05) is 0 Å². The quantitative estimate of drug-likeness (QED) is 0.905. The number of benzene rings is 2. The van der Waals surface area contributed by atoms with Gasteiger partial charge in [0.15, 0.2) is 0 Å². The van der Waals surface area contributed by atoms with Crippen molar-refractivity contribution in [3.63, 3.8) is 0 Å². The van der Waals surface area contributed by atoms with Crippen LogP contribution in [0.5, 0.6) is 0 Å². The molecule has 0 aliphatic carbocycles. The van der Waals surface area contributed by atoms with Crippen molar-refractivity contribution in [1.29, 1.82) is 0 Å². The summed E-state index contributed by atoms with van der Waals surface area (Å²) in [6.45, 7) is 0. The van der Waals surface area contributed by atoms with Crippen molar-refractivity contribution in [3.05, 3.63) is 59.7 Å². The molecule has 1 aliphatic heterocycles. The Kier molecular flexibility index (Phi) is 4.01. The van der Waals surface area contributed by atoms with Crippen LogP contribution in [0.2, 0.25) is 0 Å². The molecular weight excluding hydrogens is 319 g/mol. The zero-order chi connectivity index (χ0) is 17.3. The predicted octanol–water partition coefficient (Wildman–Crippen LogP) is 3.25. The SMILES string of the molecule is NC(=O)C1=NNC(c2ccc(-c3cccc(C(F)(F)F)c3)cc2)C1. The molecule has 4 nitrogen and oxygen atoms in total. The van der Waals surface area contributed by atoms with E-state index in [1.54, 1.807) is 30.3 Å². The van der Waals surface area contributed by atoms with Gasteiger partial charge in [0.2, 0.25) is 0 Å². The van der Waals surface area contributed by atoms with E-state index >= 15 is 0 Å². The highest BCUT2D eigenvalue weighted by atomic mass is 19.4. The average Bonchev–Trinajstić information content (AvgIpc) is 3.05. The van der Waals surface area contributed by atoms with E-state index < -0.39 is 17.6 Å². The third-order valence-corrected chi connectivity index (χ3v) is 3.87. The van der Waals surface area contributed by atoms with E-state index in [0.717, 1.165) is 17.7 Å². The summed E-state index contributed by atoms with van der Waals surface area (Å²) in [5.41, 5.74) is 9.67. The Morgan fingerprint density at radius 2 is 1.83 bits per heavy atom. The van der Waals surface area contributed by atoms with Crippen molar-refractivity contribution in [2.45, 2.75) is 18.6 Å². The van der Waals surface area contributed by atoms with Gasteiger partial charge < -0.3 is 11.2 Å². The van der Waals surface area contributed by atoms with Gasteiger partial charge in [-0.15, -0.1) is 0 Å². The van der Waals surface area contributed by atoms with Crippen molar-refractivity contribution in [1.82, 2.24) is 5.43 Å². The van der Waals surface area contributed by atoms with Crippen molar-refractivity contribution in [2.75, 3.05) is 0 Å². The molecule has 0 bridgehead atoms. The number of carbonyl (C=O) groups is 1. The molecule has 0 fully saturated rings. The summed E-state index contributed by atoms with van der Waals surface area (Å²) in [4.78, 5) is 11.1. The molecule has 2 aromatic rings. The Morgan fingerprint density at radius 1 is 1.12 bits per heavy atom. The van der Waals surface area contributed by atoms with Gasteiger partial charge in [-0.2, -0.15) is 18.3 Å². The molecule has 1 atom stereocenters. The first-order valence-corrected chi connectivity index (χ1v) is 7.24. The first-order chi connectivity index (χ1) is 11.3. The molecule has 0 radical (unpaired) electrons. The molecule has 0 aromatic heterocycles. The summed E-state index contributed by atoms with van der Waals surface area (Å²) in [6.07, 6.45) is -3.98. The van der Waals surface area contributed by atoms with Gasteiger partial charge in [-0.3, -0.25) is 4.79 Å². The van der Waals surface area contributed by atoms with Gasteiger partial charge in [0.25, 0.3) is 5.91 Å². The van der Waals surface area contributed by atoms with Crippen LogP contribution < -0.4 is 11.2 Å². The number of rotatable bonds is 3. The number of hydrogen-bond donors (Lipinski definition) is 2. The third kappa shape index (κ3) is 3.24. The van der Waals surface area contributed by atoms with Crippen LogP contribution in [0.15, 0.2) is 53.6 Å². The Balaban J connectivity index is 1.80. The number of nitrogens with zero attached hydrogens (tertiary/aromatic N) is 1. The van der Waals surface area contributed by atoms with Crippen molar-refractivity contribution in [3.8, 4) is 11.1 Å². The Labute approximate surface area is 136 Å². The first-order valence-electron chi connectivity index (χ1n) is 7.24. The number of hydrazone groups is 1. The lowest BCUT2D eigenvalue weighted by Gasteiger charge is -2.12. The lowest BCUT2D eigenvalue weighted by molar-refractivity contribution is -0.137. The highest BCUT2D eigenvalue weighted by molar-refractivity contribution is 6.38. The molecule has 1 heterocycles. The summed E-state index contributed by atoms with van der Waals surface area (Å²) in [6, 6.07) is 12.1. The van der Waals surface area contributed by atoms with E-state index in [9.17, 15) is 18.0 Å². The fourth-order valence-corrected chi connectivity index (χ4v) is 2.57. The minimum atomic E-state index is -4.37. The summed E-state index contributed by atoms with van der Waals surface area (Å²) < 4.78 is 38.4. The number of hydrogen-bond acceptors (Lipinski definition) is 3. The van der Waals surface area contributed by atoms with Crippen LogP contribution in [0.4, 0.5) is 13.2 Å². The topological polar surface area (TPSA) is 67.5 Å². The van der Waals surface area contributed by atoms with Crippen LogP contribution in [0, 0.1) is 0 Å². The summed E-state index contributed by atoms with van der Waals surface area (Å²) in [5.74, 6) is -0.564. The molecule has 0 saturated heterocycles. The molecule has 1 unspecified atom stereocenters. The molecule has 0 spiro atoms. The zero-order valence-electron chi connectivity index (χ0n) is 12.5. The maximum Gasteiger partial charge on any atom is 0.416 e. The Bertz CT molecular complexity index is 797. The molecule has 0 saturated carbocycles. The second-order valence-electron chi connectivity index (χ2n) is 5.51. The number of amides is 1. The van der Waals surface area contributed by atoms with Gasteiger partial charge in [0, 0.05) is 6.42 Å². The number of primary amides is 1. The van der Waals surface area contributed by atoms with E-state index in [-0.39, 0.29) is 11.8 Å². The lowest BCUT2D eigenvalue weighted by Crippen LogP contribution is -2.21. The highest BCUT2D eigenvalue weighted by Gasteiger charge is 2.30. The Morgan fingerprint density at radius 3 is 2.42 bits per heavy atom. The Hall–Kier alpha value is -2.83. The number of halogens is 3. The summed E-state index contributed by atoms with van der Waals surface area (Å²) >= 11 is 0. The van der Waals surface area contributed by atoms with Gasteiger partial charge in [-0.1, -0.05) is 36.4 Å². The maximum atomic E-state index is 12.8. The molecule has 3 N–H and O–H groups in total. The van der Waals surface area contributed by atoms with Gasteiger partial charge >= 0.3 is 6.18 Å². The van der Waals surface area contributed by atoms with Crippen LogP contribution in [0.25, 0.3) is 11.1 Å². The molecule has 2 aromatic carbocycles. The van der Waals surface area contributed by atoms with Crippen molar-refractivity contribution in [2.24, 2.45) is 10.8 Å². The van der Waals surface area contributed by atoms with Gasteiger partial charge in [-0.05, 0) is 28.8 Å². The molecule has 1 aliphatic rings. The minimum Gasteiger partial charge on any atom is -0.364 e. The molecule has 24 heavy (non-hydrogen) atoms. The molecule has 1 amide bonds. The standard InChI is InChI=1S/C17H14F3N3O/c18-17(19,20)13-3-1-2-12(8-13)10-4-6-11(7-5-10)14-9-15(16(21)24)23-22-14/h1-8,14,22H,9H2,(H2,21,24). The van der Waals surface area contributed by atoms with Crippen LogP contribution in [0.3, 0.4) is 0 Å². The maximum absolute atomic E-state index is 12.8. The fourth-order valence-electron chi connectivity index (χ4n) is 2.57. The second-order valence-corrected chi connectivity index (χ2v) is 5.51. The van der Waals surface area contributed by atoms with E-state index in [2.05, 4.69) is 10.5 Å². The fraction of sp³-hybridized carbons (Fsp3) is 0.176. The molecule has 7 heteroatoms. The van der Waals surface area contributed by atoms with Gasteiger partial charge in [-0.25, -0.2) is 0 Å². The summed E-state index contributed by atoms with van der Waals surface area (Å²) in [7, 11) is 0. The van der Waals surface area contributed by atoms with E-state index in [0.29, 0.717) is 17.5 Å². The van der Waals surface area contributed by atoms with Crippen molar-refractivity contribution < 1.29 is 18.0 Å². The van der Waals surface area contributed by atoms with Gasteiger partial charge in [0.1, 0.15) is 5.71 Å². The number of alkyl halides is 3. The molecular formula is C17H14F3N3O. The third-order valence-electron chi connectivity index (χ3n) is 3.87. The van der Waals surface area contributed by atoms with Crippen LogP contribution in [-0.2, 0) is 11.0 Å². The smallest absolute Gasteiger partial charge is 0.364 e. The molecule has 124 valence electrons. The zero-order valence-corrected chi connectivity index (χ0v) is 12.5. The van der Waals surface area contributed by atoms with Crippen LogP contribution in [-0.4, -0.2) is 11.6 Å². The molecule has 3 rings (SSSR count). The highest BCUT2D eigenvalue weighted by Crippen LogP contribution is 2.32. The predicted molar refractivity (Wildman–Crippen MR) is 84.0 cm³/mol. The van der Waals surface area contributed by atoms with Crippen LogP contribution >= 0.6 is 0 Å². The summed E-state index contributed by atoms with van der Waals surface area (Å²) in [5, 5.41) is 3.88. The van der Waals surface area contributed by atoms with E-state index in [4.69, 9.17) is 5.73 Å². The van der Waals surface area contributed by atoms with Crippen molar-refractivity contribution >= 4 is 11.6 Å². The number of carbonyl (C=O) groups excluding carboxylic acids is 1. The minimum absolute atomic E-state index is 0.164. The number of nitrogens with two attached hydrogens (primary N) is 1. The number of nitrogens with one attached hydrogen (secondary N) is 1.